The highest BCUT2D eigenvalue weighted by atomic mass is 16.2. The monoisotopic (exact) mass is 496 g/mol. The second kappa shape index (κ2) is 11.3. The Kier molecular flexibility index (Phi) is 7.68. The number of anilines is 2. The van der Waals surface area contributed by atoms with Crippen LogP contribution in [0.1, 0.15) is 31.7 Å². The summed E-state index contributed by atoms with van der Waals surface area (Å²) in [6.45, 7) is 7.03. The summed E-state index contributed by atoms with van der Waals surface area (Å²) >= 11 is 0. The van der Waals surface area contributed by atoms with Gasteiger partial charge in [-0.15, -0.1) is 0 Å². The lowest BCUT2D eigenvalue weighted by molar-refractivity contribution is -0.137. The number of amides is 2. The molecule has 0 spiro atoms. The maximum Gasteiger partial charge on any atom is 0.263 e. The maximum absolute atomic E-state index is 14.3. The maximum atomic E-state index is 14.3. The van der Waals surface area contributed by atoms with Crippen molar-refractivity contribution in [3.05, 3.63) is 96.6 Å². The van der Waals surface area contributed by atoms with Crippen LogP contribution in [0.4, 0.5) is 11.4 Å². The first-order chi connectivity index (χ1) is 18.1. The summed E-state index contributed by atoms with van der Waals surface area (Å²) in [5.74, 6) is -0.236. The van der Waals surface area contributed by atoms with Gasteiger partial charge in [0.05, 0.1) is 11.4 Å². The molecule has 0 radical (unpaired) electrons. The lowest BCUT2D eigenvalue weighted by Gasteiger charge is -2.38. The quantitative estimate of drug-likeness (QED) is 0.392. The van der Waals surface area contributed by atoms with Gasteiger partial charge in [-0.1, -0.05) is 86.5 Å². The number of unbranched alkanes of at least 4 members (excludes halogenated alkanes) is 1. The van der Waals surface area contributed by atoms with Gasteiger partial charge in [-0.3, -0.25) is 19.4 Å². The number of carbonyl (C=O) groups excluding carboxylic acids is 2. The van der Waals surface area contributed by atoms with Gasteiger partial charge in [0.25, 0.3) is 11.8 Å². The van der Waals surface area contributed by atoms with Crippen molar-refractivity contribution in [2.24, 2.45) is 5.41 Å². The van der Waals surface area contributed by atoms with E-state index in [1.165, 1.54) is 5.56 Å². The van der Waals surface area contributed by atoms with Gasteiger partial charge in [0.2, 0.25) is 0 Å². The number of hydrogen-bond donors (Lipinski definition) is 0. The molecule has 3 aromatic rings. The Bertz CT molecular complexity index is 1120. The number of piperazine rings is 1. The Labute approximate surface area is 220 Å². The van der Waals surface area contributed by atoms with Crippen molar-refractivity contribution in [1.82, 2.24) is 9.80 Å². The van der Waals surface area contributed by atoms with Crippen molar-refractivity contribution in [2.75, 3.05) is 42.7 Å². The third-order valence-electron chi connectivity index (χ3n) is 7.57. The molecule has 2 aliphatic rings. The smallest absolute Gasteiger partial charge is 0.263 e. The van der Waals surface area contributed by atoms with Crippen molar-refractivity contribution >= 4 is 23.2 Å². The molecule has 2 aliphatic heterocycles. The Morgan fingerprint density at radius 3 is 1.59 bits per heavy atom. The largest absolute Gasteiger partial charge is 0.299 e. The van der Waals surface area contributed by atoms with Crippen LogP contribution in [0.3, 0.4) is 0 Å². The molecule has 0 bridgehead atoms. The molecule has 37 heavy (non-hydrogen) atoms. The summed E-state index contributed by atoms with van der Waals surface area (Å²) in [4.78, 5) is 33.4. The van der Waals surface area contributed by atoms with Gasteiger partial charge in [0.1, 0.15) is 5.41 Å². The average Bonchev–Trinajstić information content (AvgIpc) is 3.16. The van der Waals surface area contributed by atoms with Crippen LogP contribution in [0.5, 0.6) is 0 Å². The van der Waals surface area contributed by atoms with E-state index in [1.807, 2.05) is 66.7 Å². The molecule has 0 aliphatic carbocycles. The van der Waals surface area contributed by atoms with Crippen molar-refractivity contribution in [2.45, 2.75) is 32.7 Å². The summed E-state index contributed by atoms with van der Waals surface area (Å²) in [6, 6.07) is 29.6. The first kappa shape index (κ1) is 25.2. The van der Waals surface area contributed by atoms with Gasteiger partial charge >= 0.3 is 0 Å². The van der Waals surface area contributed by atoms with Crippen LogP contribution in [0, 0.1) is 5.41 Å². The zero-order valence-corrected chi connectivity index (χ0v) is 21.6. The van der Waals surface area contributed by atoms with E-state index in [4.69, 9.17) is 0 Å². The second-order valence-corrected chi connectivity index (χ2v) is 10.1. The minimum Gasteiger partial charge on any atom is -0.299 e. The molecule has 2 saturated heterocycles. The van der Waals surface area contributed by atoms with Gasteiger partial charge in [-0.2, -0.15) is 0 Å². The fourth-order valence-electron chi connectivity index (χ4n) is 5.52. The van der Waals surface area contributed by atoms with E-state index in [0.29, 0.717) is 13.0 Å². The predicted octanol–water partition coefficient (Wildman–Crippen LogP) is 4.98. The van der Waals surface area contributed by atoms with Crippen molar-refractivity contribution in [3.63, 3.8) is 0 Å². The summed E-state index contributed by atoms with van der Waals surface area (Å²) in [7, 11) is 0. The van der Waals surface area contributed by atoms with Gasteiger partial charge in [0, 0.05) is 39.3 Å². The average molecular weight is 497 g/mol. The van der Waals surface area contributed by atoms with Gasteiger partial charge in [0.15, 0.2) is 0 Å². The van der Waals surface area contributed by atoms with Crippen LogP contribution >= 0.6 is 0 Å². The number of rotatable bonds is 9. The van der Waals surface area contributed by atoms with Crippen LogP contribution in [-0.2, 0) is 16.1 Å². The van der Waals surface area contributed by atoms with Crippen molar-refractivity contribution in [1.29, 1.82) is 0 Å². The number of nitrogens with zero attached hydrogens (tertiary/aromatic N) is 4. The Morgan fingerprint density at radius 1 is 0.649 bits per heavy atom. The standard InChI is InChI=1S/C31H36N4O2/c1-2-3-19-31(25-33-22-20-32(21-23-33)24-26-13-7-4-8-14-26)29(36)34(27-15-9-5-10-16-27)35(30(31)37)28-17-11-6-12-18-28/h4-18H,2-3,19-25H2,1H3. The molecule has 0 unspecified atom stereocenters. The lowest BCUT2D eigenvalue weighted by Crippen LogP contribution is -2.53. The molecule has 0 N–H and O–H groups in total. The number of para-hydroxylation sites is 2. The second-order valence-electron chi connectivity index (χ2n) is 10.1. The third kappa shape index (κ3) is 5.17. The molecule has 0 atom stereocenters. The number of benzene rings is 3. The first-order valence-corrected chi connectivity index (χ1v) is 13.4. The number of hydrazine groups is 1. The molecule has 6 nitrogen and oxygen atoms in total. The van der Waals surface area contributed by atoms with Crippen LogP contribution in [0.2, 0.25) is 0 Å². The minimum absolute atomic E-state index is 0.118. The summed E-state index contributed by atoms with van der Waals surface area (Å²) in [5.41, 5.74) is 1.66. The van der Waals surface area contributed by atoms with E-state index in [-0.39, 0.29) is 11.8 Å². The van der Waals surface area contributed by atoms with E-state index in [1.54, 1.807) is 10.0 Å². The van der Waals surface area contributed by atoms with Crippen LogP contribution in [0.25, 0.3) is 0 Å². The van der Waals surface area contributed by atoms with Gasteiger partial charge in [-0.05, 0) is 36.2 Å². The SMILES string of the molecule is CCCCC1(CN2CCN(Cc3ccccc3)CC2)C(=O)N(c2ccccc2)N(c2ccccc2)C1=O. The summed E-state index contributed by atoms with van der Waals surface area (Å²) < 4.78 is 0. The molecule has 2 amide bonds. The molecule has 2 heterocycles. The van der Waals surface area contributed by atoms with E-state index in [2.05, 4.69) is 41.0 Å². The first-order valence-electron chi connectivity index (χ1n) is 13.4. The Hall–Kier alpha value is -3.48. The highest BCUT2D eigenvalue weighted by molar-refractivity contribution is 6.26. The highest BCUT2D eigenvalue weighted by Gasteiger charge is 2.59. The van der Waals surface area contributed by atoms with Gasteiger partial charge in [-0.25, -0.2) is 10.0 Å². The number of carbonyl (C=O) groups is 2. The molecule has 0 aromatic heterocycles. The topological polar surface area (TPSA) is 47.1 Å². The van der Waals surface area contributed by atoms with E-state index in [9.17, 15) is 9.59 Å². The normalized spacial score (nSPS) is 18.5. The van der Waals surface area contributed by atoms with E-state index < -0.39 is 5.41 Å². The van der Waals surface area contributed by atoms with Crippen LogP contribution in [0.15, 0.2) is 91.0 Å². The molecule has 192 valence electrons. The summed E-state index contributed by atoms with van der Waals surface area (Å²) in [5, 5.41) is 3.22. The third-order valence-corrected chi connectivity index (χ3v) is 7.57. The highest BCUT2D eigenvalue weighted by Crippen LogP contribution is 2.42. The molecule has 6 heteroatoms. The van der Waals surface area contributed by atoms with Gasteiger partial charge < -0.3 is 0 Å². The molecule has 0 saturated carbocycles. The van der Waals surface area contributed by atoms with Crippen LogP contribution in [-0.4, -0.2) is 54.3 Å². The predicted molar refractivity (Wildman–Crippen MR) is 148 cm³/mol. The van der Waals surface area contributed by atoms with E-state index >= 15 is 0 Å². The zero-order valence-electron chi connectivity index (χ0n) is 21.6. The molecule has 5 rings (SSSR count). The van der Waals surface area contributed by atoms with Crippen LogP contribution < -0.4 is 10.0 Å². The molecule has 3 aromatic carbocycles. The van der Waals surface area contributed by atoms with E-state index in [0.717, 1.165) is 56.9 Å². The molecular weight excluding hydrogens is 460 g/mol. The Morgan fingerprint density at radius 2 is 1.11 bits per heavy atom. The Balaban J connectivity index is 1.41. The van der Waals surface area contributed by atoms with Crippen molar-refractivity contribution < 1.29 is 9.59 Å². The van der Waals surface area contributed by atoms with Crippen molar-refractivity contribution in [3.8, 4) is 0 Å². The minimum atomic E-state index is -1.09. The lowest BCUT2D eigenvalue weighted by atomic mass is 9.80. The molecule has 2 fully saturated rings. The fraction of sp³-hybridized carbons (Fsp3) is 0.355. The number of hydrogen-bond acceptors (Lipinski definition) is 4. The fourth-order valence-corrected chi connectivity index (χ4v) is 5.52. The summed E-state index contributed by atoms with van der Waals surface area (Å²) in [6.07, 6.45) is 2.32. The molecular formula is C31H36N4O2. The zero-order chi connectivity index (χ0) is 25.7.